The second-order valence-electron chi connectivity index (χ2n) is 3.02. The molecule has 0 spiro atoms. The van der Waals surface area contributed by atoms with Gasteiger partial charge >= 0.3 is 0 Å². The lowest BCUT2D eigenvalue weighted by Crippen LogP contribution is -2.09. The summed E-state index contributed by atoms with van der Waals surface area (Å²) in [7, 11) is 0. The van der Waals surface area contributed by atoms with Gasteiger partial charge in [-0.25, -0.2) is 0 Å². The van der Waals surface area contributed by atoms with Gasteiger partial charge in [0.05, 0.1) is 0 Å². The molecule has 0 radical (unpaired) electrons. The maximum Gasteiger partial charge on any atom is 0.188 e. The highest BCUT2D eigenvalue weighted by Crippen LogP contribution is 2.08. The van der Waals surface area contributed by atoms with Gasteiger partial charge in [-0.3, -0.25) is 4.79 Å². The van der Waals surface area contributed by atoms with Crippen LogP contribution in [0, 0.1) is 0 Å². The Morgan fingerprint density at radius 3 is 2.57 bits per heavy atom. The number of ether oxygens (including phenoxy) is 1. The van der Waals surface area contributed by atoms with Gasteiger partial charge in [-0.2, -0.15) is 0 Å². The van der Waals surface area contributed by atoms with E-state index in [1.165, 1.54) is 0 Å². The smallest absolute Gasteiger partial charge is 0.188 e. The number of ketones is 1. The molecule has 1 aromatic carbocycles. The standard InChI is InChI=1S/C11H14O2S/c1-2-7-13-8-11(12)9-3-5-10(14)6-4-9/h3-6,14H,2,7-8H2,1H3. The maximum atomic E-state index is 11.5. The van der Waals surface area contributed by atoms with E-state index < -0.39 is 0 Å². The lowest BCUT2D eigenvalue weighted by atomic mass is 10.1. The summed E-state index contributed by atoms with van der Waals surface area (Å²) in [5.74, 6) is 0.0202. The van der Waals surface area contributed by atoms with E-state index in [9.17, 15) is 4.79 Å². The molecule has 3 heteroatoms. The monoisotopic (exact) mass is 210 g/mol. The van der Waals surface area contributed by atoms with Crippen molar-refractivity contribution in [1.82, 2.24) is 0 Å². The average Bonchev–Trinajstić information content (AvgIpc) is 2.19. The number of hydrogen-bond acceptors (Lipinski definition) is 3. The molecule has 1 rings (SSSR count). The Kier molecular flexibility index (Phi) is 4.70. The van der Waals surface area contributed by atoms with Crippen molar-refractivity contribution in [2.75, 3.05) is 13.2 Å². The van der Waals surface area contributed by atoms with Crippen LogP contribution in [0.15, 0.2) is 29.2 Å². The summed E-state index contributed by atoms with van der Waals surface area (Å²) in [5.41, 5.74) is 0.680. The van der Waals surface area contributed by atoms with Crippen molar-refractivity contribution in [3.05, 3.63) is 29.8 Å². The number of Topliss-reactive ketones (excluding diaryl/α,β-unsaturated/α-hetero) is 1. The van der Waals surface area contributed by atoms with Crippen LogP contribution < -0.4 is 0 Å². The quantitative estimate of drug-likeness (QED) is 0.459. The van der Waals surface area contributed by atoms with Gasteiger partial charge in [0.1, 0.15) is 6.61 Å². The van der Waals surface area contributed by atoms with E-state index >= 15 is 0 Å². The van der Waals surface area contributed by atoms with E-state index in [0.29, 0.717) is 12.2 Å². The second-order valence-corrected chi connectivity index (χ2v) is 3.54. The Labute approximate surface area is 89.7 Å². The van der Waals surface area contributed by atoms with Crippen LogP contribution in [-0.4, -0.2) is 19.0 Å². The van der Waals surface area contributed by atoms with Crippen molar-refractivity contribution in [1.29, 1.82) is 0 Å². The third kappa shape index (κ3) is 3.52. The fourth-order valence-corrected chi connectivity index (χ4v) is 1.19. The molecule has 1 aromatic rings. The van der Waals surface area contributed by atoms with Crippen LogP contribution >= 0.6 is 12.6 Å². The van der Waals surface area contributed by atoms with Gasteiger partial charge in [0.2, 0.25) is 0 Å². The number of hydrogen-bond donors (Lipinski definition) is 1. The predicted octanol–water partition coefficient (Wildman–Crippen LogP) is 2.58. The van der Waals surface area contributed by atoms with Gasteiger partial charge in [-0.15, -0.1) is 12.6 Å². The minimum Gasteiger partial charge on any atom is -0.373 e. The molecule has 0 fully saturated rings. The summed E-state index contributed by atoms with van der Waals surface area (Å²) in [6.07, 6.45) is 0.933. The minimum atomic E-state index is 0.0202. The highest BCUT2D eigenvalue weighted by Gasteiger charge is 2.04. The molecule has 76 valence electrons. The molecule has 0 N–H and O–H groups in total. The molecule has 0 atom stereocenters. The second kappa shape index (κ2) is 5.83. The van der Waals surface area contributed by atoms with E-state index in [4.69, 9.17) is 4.74 Å². The number of thiol groups is 1. The van der Waals surface area contributed by atoms with Gasteiger partial charge in [0, 0.05) is 17.1 Å². The van der Waals surface area contributed by atoms with Gasteiger partial charge < -0.3 is 4.74 Å². The fourth-order valence-electron chi connectivity index (χ4n) is 1.04. The Balaban J connectivity index is 2.48. The lowest BCUT2D eigenvalue weighted by molar-refractivity contribution is 0.0761. The highest BCUT2D eigenvalue weighted by atomic mass is 32.1. The fraction of sp³-hybridized carbons (Fsp3) is 0.364. The van der Waals surface area contributed by atoms with E-state index in [0.717, 1.165) is 11.3 Å². The van der Waals surface area contributed by atoms with E-state index in [1.807, 2.05) is 6.92 Å². The van der Waals surface area contributed by atoms with Crippen LogP contribution in [0.2, 0.25) is 0 Å². The summed E-state index contributed by atoms with van der Waals surface area (Å²) in [6, 6.07) is 7.13. The van der Waals surface area contributed by atoms with E-state index in [2.05, 4.69) is 12.6 Å². The SMILES string of the molecule is CCCOCC(=O)c1ccc(S)cc1. The van der Waals surface area contributed by atoms with Crippen LogP contribution in [0.4, 0.5) is 0 Å². The van der Waals surface area contributed by atoms with Crippen LogP contribution in [0.1, 0.15) is 23.7 Å². The molecule has 0 aliphatic rings. The zero-order chi connectivity index (χ0) is 10.4. The van der Waals surface area contributed by atoms with Gasteiger partial charge in [-0.1, -0.05) is 19.1 Å². The zero-order valence-corrected chi connectivity index (χ0v) is 9.09. The molecule has 0 unspecified atom stereocenters. The minimum absolute atomic E-state index is 0.0202. The van der Waals surface area contributed by atoms with Crippen molar-refractivity contribution < 1.29 is 9.53 Å². The third-order valence-corrected chi connectivity index (χ3v) is 2.07. The first-order chi connectivity index (χ1) is 6.74. The topological polar surface area (TPSA) is 26.3 Å². The molecule has 14 heavy (non-hydrogen) atoms. The molecule has 0 saturated heterocycles. The van der Waals surface area contributed by atoms with Crippen LogP contribution in [0.25, 0.3) is 0 Å². The highest BCUT2D eigenvalue weighted by molar-refractivity contribution is 7.80. The zero-order valence-electron chi connectivity index (χ0n) is 8.19. The molecule has 0 heterocycles. The van der Waals surface area contributed by atoms with Crippen LogP contribution in [0.5, 0.6) is 0 Å². The molecule has 0 saturated carbocycles. The predicted molar refractivity (Wildman–Crippen MR) is 59.1 cm³/mol. The molecule has 2 nitrogen and oxygen atoms in total. The number of carbonyl (C=O) groups excluding carboxylic acids is 1. The molecule has 0 aliphatic carbocycles. The van der Waals surface area contributed by atoms with Crippen LogP contribution in [-0.2, 0) is 4.74 Å². The number of benzene rings is 1. The van der Waals surface area contributed by atoms with E-state index in [-0.39, 0.29) is 12.4 Å². The largest absolute Gasteiger partial charge is 0.373 e. The number of carbonyl (C=O) groups is 1. The Morgan fingerprint density at radius 1 is 1.36 bits per heavy atom. The summed E-state index contributed by atoms with van der Waals surface area (Å²) in [5, 5.41) is 0. The number of rotatable bonds is 5. The molecule has 0 aliphatic heterocycles. The van der Waals surface area contributed by atoms with Crippen molar-refractivity contribution in [2.45, 2.75) is 18.2 Å². The first kappa shape index (κ1) is 11.3. The van der Waals surface area contributed by atoms with Crippen molar-refractivity contribution >= 4 is 18.4 Å². The average molecular weight is 210 g/mol. The normalized spacial score (nSPS) is 10.1. The molecule has 0 bridgehead atoms. The van der Waals surface area contributed by atoms with Crippen LogP contribution in [0.3, 0.4) is 0 Å². The lowest BCUT2D eigenvalue weighted by Gasteiger charge is -2.02. The van der Waals surface area contributed by atoms with Gasteiger partial charge in [0.25, 0.3) is 0 Å². The van der Waals surface area contributed by atoms with E-state index in [1.54, 1.807) is 24.3 Å². The first-order valence-corrected chi connectivity index (χ1v) is 5.08. The van der Waals surface area contributed by atoms with Crippen molar-refractivity contribution in [3.63, 3.8) is 0 Å². The summed E-state index contributed by atoms with van der Waals surface area (Å²) < 4.78 is 5.16. The Hall–Kier alpha value is -0.800. The molecular formula is C11H14O2S. The summed E-state index contributed by atoms with van der Waals surface area (Å²) >= 11 is 4.14. The Morgan fingerprint density at radius 2 is 2.00 bits per heavy atom. The first-order valence-electron chi connectivity index (χ1n) is 4.64. The molecule has 0 amide bonds. The van der Waals surface area contributed by atoms with Crippen molar-refractivity contribution in [3.8, 4) is 0 Å². The van der Waals surface area contributed by atoms with Crippen molar-refractivity contribution in [2.24, 2.45) is 0 Å². The van der Waals surface area contributed by atoms with Gasteiger partial charge in [0.15, 0.2) is 5.78 Å². The summed E-state index contributed by atoms with van der Waals surface area (Å²) in [6.45, 7) is 2.82. The van der Waals surface area contributed by atoms with Gasteiger partial charge in [-0.05, 0) is 18.6 Å². The Bertz CT molecular complexity index is 293. The summed E-state index contributed by atoms with van der Waals surface area (Å²) in [4.78, 5) is 12.3. The third-order valence-electron chi connectivity index (χ3n) is 1.77. The molecule has 0 aromatic heterocycles. The molecular weight excluding hydrogens is 196 g/mol. The maximum absolute atomic E-state index is 11.5.